The van der Waals surface area contributed by atoms with Crippen molar-refractivity contribution in [3.05, 3.63) is 35.4 Å². The van der Waals surface area contributed by atoms with E-state index in [1.165, 1.54) is 12.0 Å². The number of halogens is 3. The van der Waals surface area contributed by atoms with Gasteiger partial charge in [-0.15, -0.1) is 0 Å². The monoisotopic (exact) mass is 320 g/mol. The molecule has 106 valence electrons. The first-order chi connectivity index (χ1) is 8.98. The maximum absolute atomic E-state index is 5.87. The molecule has 1 aliphatic rings. The molecule has 1 aromatic carbocycles. The molecule has 0 saturated carbocycles. The fourth-order valence-electron chi connectivity index (χ4n) is 2.42. The Labute approximate surface area is 130 Å². The van der Waals surface area contributed by atoms with Crippen LogP contribution in [0.15, 0.2) is 24.3 Å². The van der Waals surface area contributed by atoms with E-state index in [2.05, 4.69) is 29.3 Å². The van der Waals surface area contributed by atoms with Gasteiger partial charge in [0.05, 0.1) is 0 Å². The fraction of sp³-hybridized carbons (Fsp3) is 0.571. The molecule has 1 unspecified atom stereocenters. The highest BCUT2D eigenvalue weighted by molar-refractivity contribution is 6.66. The first-order valence-corrected chi connectivity index (χ1v) is 7.74. The molecule has 1 N–H and O–H groups in total. The van der Waals surface area contributed by atoms with Crippen LogP contribution >= 0.6 is 34.8 Å². The number of rotatable bonds is 2. The fourth-order valence-corrected chi connectivity index (χ4v) is 2.79. The molecule has 0 amide bonds. The van der Waals surface area contributed by atoms with Crippen LogP contribution in [0.25, 0.3) is 0 Å². The van der Waals surface area contributed by atoms with Crippen molar-refractivity contribution in [3.8, 4) is 0 Å². The second kappa shape index (κ2) is 6.64. The predicted molar refractivity (Wildman–Crippen MR) is 83.2 cm³/mol. The standard InChI is InChI=1S/C14H19Cl3N2/c1-11(19-9-2-7-18-8-10-19)12-3-5-13(6-4-12)14(15,16)17/h3-6,11,18H,2,7-10H2,1H3. The number of nitrogens with zero attached hydrogens (tertiary/aromatic N) is 1. The molecule has 1 aliphatic heterocycles. The maximum Gasteiger partial charge on any atom is 0.216 e. The van der Waals surface area contributed by atoms with E-state index >= 15 is 0 Å². The molecule has 0 bridgehead atoms. The van der Waals surface area contributed by atoms with Gasteiger partial charge in [0.15, 0.2) is 0 Å². The summed E-state index contributed by atoms with van der Waals surface area (Å²) in [6, 6.07) is 8.30. The number of nitrogens with one attached hydrogen (secondary N) is 1. The molecule has 1 saturated heterocycles. The summed E-state index contributed by atoms with van der Waals surface area (Å²) in [5.41, 5.74) is 1.98. The molecule has 1 aromatic rings. The maximum atomic E-state index is 5.87. The van der Waals surface area contributed by atoms with Gasteiger partial charge in [-0.1, -0.05) is 59.1 Å². The second-order valence-corrected chi connectivity index (χ2v) is 7.22. The molecular weight excluding hydrogens is 303 g/mol. The van der Waals surface area contributed by atoms with Crippen LogP contribution in [0.1, 0.15) is 30.5 Å². The van der Waals surface area contributed by atoms with E-state index in [0.29, 0.717) is 11.6 Å². The number of hydrogen-bond donors (Lipinski definition) is 1. The van der Waals surface area contributed by atoms with E-state index in [9.17, 15) is 0 Å². The van der Waals surface area contributed by atoms with Crippen molar-refractivity contribution in [1.29, 1.82) is 0 Å². The average Bonchev–Trinajstić information content (AvgIpc) is 2.66. The second-order valence-electron chi connectivity index (χ2n) is 4.94. The van der Waals surface area contributed by atoms with Gasteiger partial charge < -0.3 is 5.32 Å². The summed E-state index contributed by atoms with van der Waals surface area (Å²) in [6.45, 7) is 6.59. The summed E-state index contributed by atoms with van der Waals surface area (Å²) in [5.74, 6) is 0. The van der Waals surface area contributed by atoms with Crippen LogP contribution in [0.5, 0.6) is 0 Å². The largest absolute Gasteiger partial charge is 0.315 e. The lowest BCUT2D eigenvalue weighted by atomic mass is 10.0. The Bertz CT molecular complexity index is 392. The van der Waals surface area contributed by atoms with Gasteiger partial charge >= 0.3 is 0 Å². The third kappa shape index (κ3) is 4.24. The molecular formula is C14H19Cl3N2. The minimum atomic E-state index is -1.34. The van der Waals surface area contributed by atoms with Gasteiger partial charge in [0, 0.05) is 24.7 Å². The SMILES string of the molecule is CC(c1ccc(C(Cl)(Cl)Cl)cc1)N1CCCNCC1. The Morgan fingerprint density at radius 3 is 2.42 bits per heavy atom. The lowest BCUT2D eigenvalue weighted by Crippen LogP contribution is -2.30. The van der Waals surface area contributed by atoms with E-state index in [1.54, 1.807) is 0 Å². The van der Waals surface area contributed by atoms with Gasteiger partial charge in [-0.3, -0.25) is 4.90 Å². The highest BCUT2D eigenvalue weighted by Gasteiger charge is 2.23. The molecule has 19 heavy (non-hydrogen) atoms. The minimum absolute atomic E-state index is 0.393. The van der Waals surface area contributed by atoms with Gasteiger partial charge in [-0.25, -0.2) is 0 Å². The number of alkyl halides is 3. The molecule has 5 heteroatoms. The molecule has 2 nitrogen and oxygen atoms in total. The van der Waals surface area contributed by atoms with E-state index in [4.69, 9.17) is 34.8 Å². The summed E-state index contributed by atoms with van der Waals surface area (Å²) in [4.78, 5) is 2.49. The number of benzene rings is 1. The van der Waals surface area contributed by atoms with Gasteiger partial charge in [0.25, 0.3) is 0 Å². The van der Waals surface area contributed by atoms with Crippen LogP contribution < -0.4 is 5.32 Å². The summed E-state index contributed by atoms with van der Waals surface area (Å²) in [7, 11) is 0. The van der Waals surface area contributed by atoms with Gasteiger partial charge in [-0.05, 0) is 32.0 Å². The van der Waals surface area contributed by atoms with Crippen molar-refractivity contribution < 1.29 is 0 Å². The molecule has 0 aromatic heterocycles. The Morgan fingerprint density at radius 2 is 1.79 bits per heavy atom. The molecule has 0 aliphatic carbocycles. The molecule has 1 fully saturated rings. The van der Waals surface area contributed by atoms with E-state index in [1.807, 2.05) is 12.1 Å². The summed E-state index contributed by atoms with van der Waals surface area (Å²) < 4.78 is -1.34. The van der Waals surface area contributed by atoms with Crippen molar-refractivity contribution in [2.45, 2.75) is 23.2 Å². The van der Waals surface area contributed by atoms with Crippen molar-refractivity contribution in [2.24, 2.45) is 0 Å². The molecule has 1 atom stereocenters. The zero-order chi connectivity index (χ0) is 13.9. The Morgan fingerprint density at radius 1 is 1.11 bits per heavy atom. The summed E-state index contributed by atoms with van der Waals surface area (Å²) in [6.07, 6.45) is 1.19. The molecule has 2 rings (SSSR count). The predicted octanol–water partition coefficient (Wildman–Crippen LogP) is 3.87. The lowest BCUT2D eigenvalue weighted by Gasteiger charge is -2.28. The van der Waals surface area contributed by atoms with Crippen LogP contribution in [0.2, 0.25) is 0 Å². The normalized spacial score (nSPS) is 20.0. The topological polar surface area (TPSA) is 15.3 Å². The first kappa shape index (κ1) is 15.4. The van der Waals surface area contributed by atoms with E-state index < -0.39 is 3.79 Å². The molecule has 0 radical (unpaired) electrons. The number of hydrogen-bond acceptors (Lipinski definition) is 2. The van der Waals surface area contributed by atoms with Crippen molar-refractivity contribution in [2.75, 3.05) is 26.2 Å². The minimum Gasteiger partial charge on any atom is -0.315 e. The average molecular weight is 322 g/mol. The zero-order valence-electron chi connectivity index (χ0n) is 11.0. The van der Waals surface area contributed by atoms with Crippen LogP contribution in [-0.2, 0) is 3.79 Å². The van der Waals surface area contributed by atoms with E-state index in [-0.39, 0.29) is 0 Å². The van der Waals surface area contributed by atoms with Crippen LogP contribution in [0.3, 0.4) is 0 Å². The molecule has 0 spiro atoms. The van der Waals surface area contributed by atoms with Crippen molar-refractivity contribution in [1.82, 2.24) is 10.2 Å². The zero-order valence-corrected chi connectivity index (χ0v) is 13.3. The third-order valence-corrected chi connectivity index (χ3v) is 4.30. The van der Waals surface area contributed by atoms with E-state index in [0.717, 1.165) is 26.2 Å². The van der Waals surface area contributed by atoms with Crippen molar-refractivity contribution in [3.63, 3.8) is 0 Å². The Balaban J connectivity index is 2.08. The quantitative estimate of drug-likeness (QED) is 0.832. The van der Waals surface area contributed by atoms with Gasteiger partial charge in [0.2, 0.25) is 3.79 Å². The smallest absolute Gasteiger partial charge is 0.216 e. The lowest BCUT2D eigenvalue weighted by molar-refractivity contribution is 0.225. The van der Waals surface area contributed by atoms with Crippen LogP contribution in [0, 0.1) is 0 Å². The Kier molecular flexibility index (Phi) is 5.38. The summed E-state index contributed by atoms with van der Waals surface area (Å²) >= 11 is 17.6. The van der Waals surface area contributed by atoms with Crippen LogP contribution in [0.4, 0.5) is 0 Å². The summed E-state index contributed by atoms with van der Waals surface area (Å²) in [5, 5.41) is 3.42. The van der Waals surface area contributed by atoms with Gasteiger partial charge in [0.1, 0.15) is 0 Å². The van der Waals surface area contributed by atoms with Crippen LogP contribution in [-0.4, -0.2) is 31.1 Å². The van der Waals surface area contributed by atoms with Gasteiger partial charge in [-0.2, -0.15) is 0 Å². The first-order valence-electron chi connectivity index (χ1n) is 6.60. The Hall–Kier alpha value is 0.01000. The third-order valence-electron chi connectivity index (χ3n) is 3.64. The highest BCUT2D eigenvalue weighted by atomic mass is 35.6. The highest BCUT2D eigenvalue weighted by Crippen LogP contribution is 2.38. The molecule has 1 heterocycles. The van der Waals surface area contributed by atoms with Crippen molar-refractivity contribution >= 4 is 34.8 Å².